The first-order valence-electron chi connectivity index (χ1n) is 13.7. The predicted octanol–water partition coefficient (Wildman–Crippen LogP) is 2.22. The zero-order valence-electron chi connectivity index (χ0n) is 25.3. The van der Waals surface area contributed by atoms with Gasteiger partial charge in [0, 0.05) is 17.7 Å². The second kappa shape index (κ2) is 17.4. The fourth-order valence-corrected chi connectivity index (χ4v) is 4.03. The highest BCUT2D eigenvalue weighted by atomic mass is 16.4. The van der Waals surface area contributed by atoms with Crippen LogP contribution in [0.3, 0.4) is 0 Å². The van der Waals surface area contributed by atoms with Gasteiger partial charge in [-0.25, -0.2) is 0 Å². The van der Waals surface area contributed by atoms with Crippen LogP contribution in [0.15, 0.2) is 36.4 Å². The molecule has 0 spiro atoms. The van der Waals surface area contributed by atoms with Crippen LogP contribution in [0.25, 0.3) is 0 Å². The lowest BCUT2D eigenvalue weighted by molar-refractivity contribution is -0.138. The van der Waals surface area contributed by atoms with Crippen molar-refractivity contribution in [3.63, 3.8) is 0 Å². The average Bonchev–Trinajstić information content (AvgIpc) is 2.92. The number of carbonyl (C=O) groups excluding carboxylic acids is 5. The number of carbonyl (C=O) groups is 6. The number of hydrogen-bond donors (Lipinski definition) is 5. The van der Waals surface area contributed by atoms with E-state index in [-0.39, 0.29) is 36.3 Å². The van der Waals surface area contributed by atoms with E-state index in [4.69, 9.17) is 5.11 Å². The Hall–Kier alpha value is -4.58. The minimum absolute atomic E-state index is 0.110. The molecule has 2 rings (SSSR count). The lowest BCUT2D eigenvalue weighted by Gasteiger charge is -2.28. The Bertz CT molecular complexity index is 1300. The molecule has 0 bridgehead atoms. The number of anilines is 1. The van der Waals surface area contributed by atoms with Crippen molar-refractivity contribution >= 4 is 41.4 Å². The van der Waals surface area contributed by atoms with E-state index in [1.54, 1.807) is 26.0 Å². The number of Topliss-reactive ketones (excluding diaryl/α,β-unsaturated/α-hetero) is 1. The number of aromatic hydroxyl groups is 1. The maximum Gasteiger partial charge on any atom is 0.305 e. The number of rotatable bonds is 13. The smallest absolute Gasteiger partial charge is 0.305 e. The van der Waals surface area contributed by atoms with Gasteiger partial charge in [0.2, 0.25) is 5.91 Å². The molecule has 3 amide bonds. The van der Waals surface area contributed by atoms with Crippen molar-refractivity contribution in [2.75, 3.05) is 18.1 Å². The summed E-state index contributed by atoms with van der Waals surface area (Å²) in [4.78, 5) is 70.3. The molecule has 5 N–H and O–H groups in total. The van der Waals surface area contributed by atoms with Gasteiger partial charge in [-0.15, -0.1) is 0 Å². The van der Waals surface area contributed by atoms with Crippen molar-refractivity contribution in [3.05, 3.63) is 58.7 Å². The summed E-state index contributed by atoms with van der Waals surface area (Å²) in [7, 11) is 0. The Morgan fingerprint density at radius 2 is 1.51 bits per heavy atom. The first kappa shape index (κ1) is 36.4. The number of carboxylic acid groups (broad SMARTS) is 1. The molecule has 0 fully saturated rings. The molecule has 2 aromatic carbocycles. The molecule has 43 heavy (non-hydrogen) atoms. The fourth-order valence-electron chi connectivity index (χ4n) is 4.03. The zero-order chi connectivity index (χ0) is 32.9. The third-order valence-electron chi connectivity index (χ3n) is 6.26. The summed E-state index contributed by atoms with van der Waals surface area (Å²) < 4.78 is 0. The number of carboxylic acids is 1. The Morgan fingerprint density at radius 3 is 1.98 bits per heavy atom. The van der Waals surface area contributed by atoms with E-state index in [0.717, 1.165) is 5.56 Å². The number of phenolic OH excluding ortho intramolecular Hbond substituents is 1. The summed E-state index contributed by atoms with van der Waals surface area (Å²) in [5.74, 6) is -2.48. The van der Waals surface area contributed by atoms with Crippen LogP contribution in [0.1, 0.15) is 60.7 Å². The van der Waals surface area contributed by atoms with Crippen LogP contribution < -0.4 is 15.5 Å². The van der Waals surface area contributed by atoms with Crippen molar-refractivity contribution in [3.8, 4) is 5.75 Å². The zero-order valence-corrected chi connectivity index (χ0v) is 25.3. The standard InChI is InChI=1S/C22H26N2O5.C9H15NO4/c1-13-7-5-6-8-19(13)24(20(27)12-25)11-18(16(4)26)23-22(29)17-9-14(2)21(28)15(3)10-17;1-6(2)3-8(12)10-7(5-11)4-9(13)14/h5-10,18,25,28H,11-12H2,1-4H3,(H,23,29);5-7H,3-4H2,1-2H3,(H,10,12)(H,13,14). The van der Waals surface area contributed by atoms with Crippen LogP contribution in [-0.2, 0) is 24.0 Å². The third kappa shape index (κ3) is 12.0. The van der Waals surface area contributed by atoms with E-state index in [1.165, 1.54) is 24.0 Å². The van der Waals surface area contributed by atoms with Gasteiger partial charge in [-0.2, -0.15) is 0 Å². The van der Waals surface area contributed by atoms with Gasteiger partial charge in [-0.1, -0.05) is 32.0 Å². The molecule has 0 aliphatic rings. The Morgan fingerprint density at radius 1 is 0.930 bits per heavy atom. The second-order valence-corrected chi connectivity index (χ2v) is 10.6. The van der Waals surface area contributed by atoms with Crippen LogP contribution >= 0.6 is 0 Å². The van der Waals surface area contributed by atoms with Crippen LogP contribution in [0.5, 0.6) is 5.75 Å². The molecule has 12 heteroatoms. The monoisotopic (exact) mass is 599 g/mol. The lowest BCUT2D eigenvalue weighted by atomic mass is 10.0. The fraction of sp³-hybridized carbons (Fsp3) is 0.419. The normalized spacial score (nSPS) is 11.8. The number of aliphatic hydroxyl groups is 1. The van der Waals surface area contributed by atoms with Gasteiger partial charge < -0.3 is 35.6 Å². The number of aryl methyl sites for hydroxylation is 3. The van der Waals surface area contributed by atoms with Crippen molar-refractivity contribution in [2.24, 2.45) is 5.92 Å². The summed E-state index contributed by atoms with van der Waals surface area (Å²) in [5.41, 5.74) is 2.76. The number of nitrogens with zero attached hydrogens (tertiary/aromatic N) is 1. The Balaban J connectivity index is 0.000000557. The number of amides is 3. The van der Waals surface area contributed by atoms with Crippen molar-refractivity contribution in [1.82, 2.24) is 10.6 Å². The van der Waals surface area contributed by atoms with Crippen molar-refractivity contribution in [2.45, 2.75) is 66.5 Å². The second-order valence-electron chi connectivity index (χ2n) is 10.6. The van der Waals surface area contributed by atoms with Gasteiger partial charge in [0.25, 0.3) is 11.8 Å². The number of hydrogen-bond acceptors (Lipinski definition) is 8. The summed E-state index contributed by atoms with van der Waals surface area (Å²) in [6.07, 6.45) is 0.365. The van der Waals surface area contributed by atoms with Crippen molar-refractivity contribution < 1.29 is 44.1 Å². The van der Waals surface area contributed by atoms with Crippen LogP contribution in [0, 0.1) is 26.7 Å². The van der Waals surface area contributed by atoms with Gasteiger partial charge in [0.1, 0.15) is 24.7 Å². The Labute approximate surface area is 251 Å². The topological polar surface area (TPSA) is 190 Å². The van der Waals surface area contributed by atoms with E-state index >= 15 is 0 Å². The highest BCUT2D eigenvalue weighted by molar-refractivity contribution is 6.00. The third-order valence-corrected chi connectivity index (χ3v) is 6.26. The Kier molecular flexibility index (Phi) is 14.7. The van der Waals surface area contributed by atoms with Crippen molar-refractivity contribution in [1.29, 1.82) is 0 Å². The molecule has 0 aromatic heterocycles. The van der Waals surface area contributed by atoms with E-state index in [0.29, 0.717) is 35.1 Å². The summed E-state index contributed by atoms with van der Waals surface area (Å²) in [5, 5.41) is 32.7. The molecule has 0 heterocycles. The predicted molar refractivity (Wildman–Crippen MR) is 160 cm³/mol. The highest BCUT2D eigenvalue weighted by Crippen LogP contribution is 2.23. The molecule has 234 valence electrons. The average molecular weight is 600 g/mol. The van der Waals surface area contributed by atoms with Gasteiger partial charge in [0.15, 0.2) is 5.78 Å². The van der Waals surface area contributed by atoms with Gasteiger partial charge in [-0.05, 0) is 68.5 Å². The number of phenols is 1. The molecule has 0 aliphatic carbocycles. The first-order valence-corrected chi connectivity index (χ1v) is 13.7. The quantitative estimate of drug-likeness (QED) is 0.215. The molecule has 2 atom stereocenters. The number of benzene rings is 2. The number of aliphatic hydroxyl groups excluding tert-OH is 1. The van der Waals surface area contributed by atoms with Crippen LogP contribution in [-0.4, -0.2) is 76.3 Å². The van der Waals surface area contributed by atoms with Crippen LogP contribution in [0.2, 0.25) is 0 Å². The first-order chi connectivity index (χ1) is 20.1. The maximum atomic E-state index is 12.7. The molecule has 2 unspecified atom stereocenters. The minimum Gasteiger partial charge on any atom is -0.507 e. The van der Waals surface area contributed by atoms with E-state index in [2.05, 4.69) is 10.6 Å². The lowest BCUT2D eigenvalue weighted by Crippen LogP contribution is -2.50. The largest absolute Gasteiger partial charge is 0.507 e. The number of aldehydes is 1. The molecular formula is C31H41N3O9. The highest BCUT2D eigenvalue weighted by Gasteiger charge is 2.26. The van der Waals surface area contributed by atoms with E-state index in [9.17, 15) is 39.0 Å². The number of aliphatic carboxylic acids is 1. The molecule has 2 aromatic rings. The molecule has 0 radical (unpaired) electrons. The summed E-state index contributed by atoms with van der Waals surface area (Å²) >= 11 is 0. The summed E-state index contributed by atoms with van der Waals surface area (Å²) in [6, 6.07) is 8.29. The maximum absolute atomic E-state index is 12.7. The van der Waals surface area contributed by atoms with Gasteiger partial charge in [0.05, 0.1) is 19.0 Å². The SMILES string of the molecule is CC(=O)C(CN(C(=O)CO)c1ccccc1C)NC(=O)c1cc(C)c(O)c(C)c1.CC(C)CC(=O)NC(C=O)CC(=O)O. The molecule has 0 aliphatic heterocycles. The molecule has 12 nitrogen and oxygen atoms in total. The number of nitrogens with one attached hydrogen (secondary N) is 2. The van der Waals surface area contributed by atoms with E-state index in [1.807, 2.05) is 32.9 Å². The summed E-state index contributed by atoms with van der Waals surface area (Å²) in [6.45, 7) is 9.42. The van der Waals surface area contributed by atoms with E-state index < -0.39 is 36.5 Å². The minimum atomic E-state index is -1.10. The van der Waals surface area contributed by atoms with Crippen LogP contribution in [0.4, 0.5) is 5.69 Å². The molecular weight excluding hydrogens is 558 g/mol. The van der Waals surface area contributed by atoms with Gasteiger partial charge in [-0.3, -0.25) is 24.0 Å². The molecule has 0 saturated carbocycles. The number of ketones is 1. The number of para-hydroxylation sites is 1. The molecule has 0 saturated heterocycles. The van der Waals surface area contributed by atoms with Gasteiger partial charge >= 0.3 is 5.97 Å².